The first kappa shape index (κ1) is 15.2. The molecule has 0 unspecified atom stereocenters. The number of thiocarbonyl (C=S) groups is 1. The topological polar surface area (TPSA) is 73.6 Å². The van der Waals surface area contributed by atoms with Gasteiger partial charge in [-0.1, -0.05) is 18.3 Å². The molecule has 0 aliphatic carbocycles. The molecule has 0 saturated carbocycles. The van der Waals surface area contributed by atoms with Crippen LogP contribution < -0.4 is 20.5 Å². The van der Waals surface area contributed by atoms with Crippen LogP contribution >= 0.6 is 12.2 Å². The zero-order chi connectivity index (χ0) is 14.3. The molecule has 0 aliphatic rings. The van der Waals surface area contributed by atoms with Crippen LogP contribution in [0.5, 0.6) is 11.5 Å². The number of amides is 1. The molecule has 1 amide bonds. The first-order valence-electron chi connectivity index (χ1n) is 5.82. The Bertz CT molecular complexity index is 463. The maximum atomic E-state index is 11.3. The van der Waals surface area contributed by atoms with Gasteiger partial charge in [0, 0.05) is 6.54 Å². The number of nitrogens with one attached hydrogen (secondary N) is 1. The molecular formula is C13H18N2O3S. The lowest BCUT2D eigenvalue weighted by Gasteiger charge is -2.10. The van der Waals surface area contributed by atoms with Crippen molar-refractivity contribution >= 4 is 23.1 Å². The molecule has 5 nitrogen and oxygen atoms in total. The molecule has 6 heteroatoms. The molecule has 0 aliphatic heterocycles. The summed E-state index contributed by atoms with van der Waals surface area (Å²) in [7, 11) is 3.18. The van der Waals surface area contributed by atoms with Crippen molar-refractivity contribution in [3.63, 3.8) is 0 Å². The fourth-order valence-corrected chi connectivity index (χ4v) is 1.73. The first-order valence-corrected chi connectivity index (χ1v) is 6.23. The van der Waals surface area contributed by atoms with Crippen LogP contribution in [-0.2, 0) is 11.2 Å². The van der Waals surface area contributed by atoms with E-state index in [1.54, 1.807) is 14.2 Å². The number of benzene rings is 1. The second kappa shape index (κ2) is 7.58. The van der Waals surface area contributed by atoms with Crippen LogP contribution in [0.25, 0.3) is 0 Å². The van der Waals surface area contributed by atoms with E-state index < -0.39 is 0 Å². The van der Waals surface area contributed by atoms with E-state index in [0.717, 1.165) is 5.56 Å². The van der Waals surface area contributed by atoms with E-state index in [1.165, 1.54) is 0 Å². The number of carbonyl (C=O) groups is 1. The van der Waals surface area contributed by atoms with Gasteiger partial charge >= 0.3 is 0 Å². The highest BCUT2D eigenvalue weighted by Crippen LogP contribution is 2.27. The molecular weight excluding hydrogens is 264 g/mol. The van der Waals surface area contributed by atoms with E-state index >= 15 is 0 Å². The zero-order valence-electron chi connectivity index (χ0n) is 11.1. The third kappa shape index (κ3) is 5.13. The average molecular weight is 282 g/mol. The fourth-order valence-electron chi connectivity index (χ4n) is 1.60. The summed E-state index contributed by atoms with van der Waals surface area (Å²) in [5.74, 6) is 1.20. The van der Waals surface area contributed by atoms with E-state index in [4.69, 9.17) is 15.2 Å². The smallest absolute Gasteiger partial charge is 0.226 e. The highest BCUT2D eigenvalue weighted by Gasteiger charge is 2.06. The molecule has 3 N–H and O–H groups in total. The van der Waals surface area contributed by atoms with E-state index in [2.05, 4.69) is 17.5 Å². The Morgan fingerprint density at radius 2 is 2.00 bits per heavy atom. The Morgan fingerprint density at radius 1 is 1.32 bits per heavy atom. The van der Waals surface area contributed by atoms with Crippen LogP contribution in [0.2, 0.25) is 0 Å². The van der Waals surface area contributed by atoms with Crippen LogP contribution in [0.1, 0.15) is 12.0 Å². The van der Waals surface area contributed by atoms with E-state index in [9.17, 15) is 4.79 Å². The number of methoxy groups -OCH3 is 2. The lowest BCUT2D eigenvalue weighted by Crippen LogP contribution is -2.29. The van der Waals surface area contributed by atoms with Crippen molar-refractivity contribution in [3.05, 3.63) is 23.8 Å². The predicted molar refractivity (Wildman–Crippen MR) is 77.7 cm³/mol. The minimum atomic E-state index is -0.159. The van der Waals surface area contributed by atoms with Crippen molar-refractivity contribution in [1.29, 1.82) is 0 Å². The van der Waals surface area contributed by atoms with Gasteiger partial charge in [0.1, 0.15) is 0 Å². The number of hydrogen-bond donors (Lipinski definition) is 2. The van der Waals surface area contributed by atoms with Gasteiger partial charge in [-0.25, -0.2) is 0 Å². The third-order valence-corrected chi connectivity index (χ3v) is 2.66. The Kier molecular flexibility index (Phi) is 6.08. The van der Waals surface area contributed by atoms with Gasteiger partial charge in [0.15, 0.2) is 11.5 Å². The van der Waals surface area contributed by atoms with Crippen molar-refractivity contribution in [2.24, 2.45) is 5.73 Å². The van der Waals surface area contributed by atoms with Crippen molar-refractivity contribution in [1.82, 2.24) is 5.32 Å². The summed E-state index contributed by atoms with van der Waals surface area (Å²) in [5.41, 5.74) is 6.34. The lowest BCUT2D eigenvalue weighted by molar-refractivity contribution is -0.119. The largest absolute Gasteiger partial charge is 0.493 e. The molecule has 0 atom stereocenters. The maximum Gasteiger partial charge on any atom is 0.226 e. The number of nitrogens with two attached hydrogens (primary N) is 1. The van der Waals surface area contributed by atoms with Crippen LogP contribution in [0.3, 0.4) is 0 Å². The van der Waals surface area contributed by atoms with Gasteiger partial charge in [0.2, 0.25) is 5.91 Å². The maximum absolute atomic E-state index is 11.3. The summed E-state index contributed by atoms with van der Waals surface area (Å²) in [6.07, 6.45) is 0.782. The van der Waals surface area contributed by atoms with Gasteiger partial charge in [-0.2, -0.15) is 0 Å². The molecule has 0 saturated heterocycles. The van der Waals surface area contributed by atoms with Crippen molar-refractivity contribution in [2.75, 3.05) is 20.8 Å². The molecule has 0 aromatic heterocycles. The number of rotatable bonds is 7. The lowest BCUT2D eigenvalue weighted by atomic mass is 10.1. The van der Waals surface area contributed by atoms with Crippen LogP contribution in [0, 0.1) is 0 Å². The summed E-state index contributed by atoms with van der Waals surface area (Å²) >= 11 is 4.66. The normalized spacial score (nSPS) is 9.79. The standard InChI is InChI=1S/C13H18N2O3S/c1-17-10-4-3-9(7-11(10)18-2)5-6-15-13(16)8-12(14)19/h3-4,7H,5-6,8H2,1-2H3,(H2,14,19)(H,15,16). The van der Waals surface area contributed by atoms with Gasteiger partial charge in [-0.15, -0.1) is 0 Å². The number of carbonyl (C=O) groups excluding carboxylic acids is 1. The zero-order valence-corrected chi connectivity index (χ0v) is 11.9. The third-order valence-electron chi connectivity index (χ3n) is 2.52. The van der Waals surface area contributed by atoms with Crippen LogP contribution in [-0.4, -0.2) is 31.7 Å². The Morgan fingerprint density at radius 3 is 2.58 bits per heavy atom. The summed E-state index contributed by atoms with van der Waals surface area (Å²) in [5, 5.41) is 2.75. The van der Waals surface area contributed by atoms with Gasteiger partial charge in [-0.05, 0) is 24.1 Å². The molecule has 1 rings (SSSR count). The molecule has 1 aromatic rings. The SMILES string of the molecule is COc1ccc(CCNC(=O)CC(N)=S)cc1OC. The molecule has 0 heterocycles. The van der Waals surface area contributed by atoms with Gasteiger partial charge in [-0.3, -0.25) is 4.79 Å². The average Bonchev–Trinajstić information content (AvgIpc) is 2.37. The molecule has 104 valence electrons. The quantitative estimate of drug-likeness (QED) is 0.731. The second-order valence-electron chi connectivity index (χ2n) is 3.93. The summed E-state index contributed by atoms with van der Waals surface area (Å²) in [4.78, 5) is 11.5. The van der Waals surface area contributed by atoms with Gasteiger partial charge < -0.3 is 20.5 Å². The minimum Gasteiger partial charge on any atom is -0.493 e. The van der Waals surface area contributed by atoms with Gasteiger partial charge in [0.05, 0.1) is 25.6 Å². The Balaban J connectivity index is 2.49. The minimum absolute atomic E-state index is 0.0846. The fraction of sp³-hybridized carbons (Fsp3) is 0.385. The predicted octanol–water partition coefficient (Wildman–Crippen LogP) is 1.04. The highest BCUT2D eigenvalue weighted by atomic mass is 32.1. The molecule has 0 spiro atoms. The van der Waals surface area contributed by atoms with Crippen LogP contribution in [0.15, 0.2) is 18.2 Å². The summed E-state index contributed by atoms with van der Waals surface area (Å²) < 4.78 is 10.4. The van der Waals surface area contributed by atoms with Crippen molar-refractivity contribution < 1.29 is 14.3 Å². The Labute approximate surface area is 118 Å². The molecule has 0 radical (unpaired) electrons. The van der Waals surface area contributed by atoms with E-state index in [-0.39, 0.29) is 17.3 Å². The van der Waals surface area contributed by atoms with E-state index in [0.29, 0.717) is 24.5 Å². The molecule has 1 aromatic carbocycles. The number of ether oxygens (including phenoxy) is 2. The van der Waals surface area contributed by atoms with Crippen molar-refractivity contribution in [3.8, 4) is 11.5 Å². The highest BCUT2D eigenvalue weighted by molar-refractivity contribution is 7.80. The monoisotopic (exact) mass is 282 g/mol. The van der Waals surface area contributed by atoms with Crippen molar-refractivity contribution in [2.45, 2.75) is 12.8 Å². The molecule has 19 heavy (non-hydrogen) atoms. The van der Waals surface area contributed by atoms with Gasteiger partial charge in [0.25, 0.3) is 0 Å². The molecule has 0 fully saturated rings. The van der Waals surface area contributed by atoms with E-state index in [1.807, 2.05) is 18.2 Å². The Hall–Kier alpha value is -1.82. The first-order chi connectivity index (χ1) is 9.06. The number of hydrogen-bond acceptors (Lipinski definition) is 4. The second-order valence-corrected chi connectivity index (χ2v) is 4.46. The molecule has 0 bridgehead atoms. The summed E-state index contributed by atoms with van der Waals surface area (Å²) in [6, 6.07) is 5.66. The van der Waals surface area contributed by atoms with Crippen LogP contribution in [0.4, 0.5) is 0 Å². The summed E-state index contributed by atoms with van der Waals surface area (Å²) in [6.45, 7) is 0.525.